The number of carbonyl (C=O) groups excluding carboxylic acids is 1. The fraction of sp³-hybridized carbons (Fsp3) is 0.273. The highest BCUT2D eigenvalue weighted by atomic mass is 16.5. The van der Waals surface area contributed by atoms with Gasteiger partial charge in [0.15, 0.2) is 0 Å². The van der Waals surface area contributed by atoms with E-state index >= 15 is 0 Å². The van der Waals surface area contributed by atoms with E-state index in [4.69, 9.17) is 4.74 Å². The van der Waals surface area contributed by atoms with Crippen LogP contribution in [-0.2, 0) is 6.61 Å². The van der Waals surface area contributed by atoms with E-state index in [0.29, 0.717) is 17.9 Å². The average molecular weight is 379 g/mol. The number of ether oxygens (including phenoxy) is 1. The molecule has 0 fully saturated rings. The number of carbonyl (C=O) groups is 1. The summed E-state index contributed by atoms with van der Waals surface area (Å²) in [6.07, 6.45) is 6.29. The molecule has 1 amide bonds. The fourth-order valence-corrected chi connectivity index (χ4v) is 3.07. The SMILES string of the molecule is COc1ccc(-c2ccc(C(=O)NCC[C@H](C)n3ccnc3)cc2)cc1CO. The van der Waals surface area contributed by atoms with Crippen LogP contribution < -0.4 is 10.1 Å². The summed E-state index contributed by atoms with van der Waals surface area (Å²) in [7, 11) is 1.58. The van der Waals surface area contributed by atoms with Gasteiger partial charge in [-0.3, -0.25) is 4.79 Å². The Kier molecular flexibility index (Phi) is 6.45. The number of hydrogen-bond acceptors (Lipinski definition) is 4. The molecular formula is C22H25N3O3. The summed E-state index contributed by atoms with van der Waals surface area (Å²) in [5, 5.41) is 12.4. The van der Waals surface area contributed by atoms with Gasteiger partial charge in [-0.1, -0.05) is 18.2 Å². The van der Waals surface area contributed by atoms with E-state index < -0.39 is 0 Å². The predicted molar refractivity (Wildman–Crippen MR) is 108 cm³/mol. The number of aromatic nitrogens is 2. The van der Waals surface area contributed by atoms with Gasteiger partial charge < -0.3 is 19.7 Å². The zero-order valence-electron chi connectivity index (χ0n) is 16.1. The normalized spacial score (nSPS) is 11.8. The Hall–Kier alpha value is -3.12. The molecule has 2 aromatic carbocycles. The molecule has 0 bridgehead atoms. The van der Waals surface area contributed by atoms with E-state index in [1.807, 2.05) is 53.2 Å². The van der Waals surface area contributed by atoms with Crippen molar-refractivity contribution >= 4 is 5.91 Å². The van der Waals surface area contributed by atoms with Gasteiger partial charge in [-0.05, 0) is 48.7 Å². The highest BCUT2D eigenvalue weighted by Crippen LogP contribution is 2.27. The molecule has 0 spiro atoms. The number of benzene rings is 2. The van der Waals surface area contributed by atoms with Crippen LogP contribution in [0, 0.1) is 0 Å². The van der Waals surface area contributed by atoms with Crippen LogP contribution in [0.25, 0.3) is 11.1 Å². The first-order chi connectivity index (χ1) is 13.6. The van der Waals surface area contributed by atoms with Gasteiger partial charge in [-0.15, -0.1) is 0 Å². The number of imidazole rings is 1. The minimum absolute atomic E-state index is 0.0878. The summed E-state index contributed by atoms with van der Waals surface area (Å²) >= 11 is 0. The van der Waals surface area contributed by atoms with Crippen molar-refractivity contribution < 1.29 is 14.6 Å². The van der Waals surface area contributed by atoms with Crippen molar-refractivity contribution in [3.05, 3.63) is 72.3 Å². The van der Waals surface area contributed by atoms with Crippen LogP contribution in [0.1, 0.15) is 35.3 Å². The zero-order valence-corrected chi connectivity index (χ0v) is 16.1. The lowest BCUT2D eigenvalue weighted by Crippen LogP contribution is -2.26. The molecule has 6 nitrogen and oxygen atoms in total. The van der Waals surface area contributed by atoms with Crippen molar-refractivity contribution in [2.24, 2.45) is 0 Å². The second-order valence-electron chi connectivity index (χ2n) is 6.67. The topological polar surface area (TPSA) is 76.4 Å². The van der Waals surface area contributed by atoms with Crippen LogP contribution in [-0.4, -0.2) is 34.2 Å². The minimum Gasteiger partial charge on any atom is -0.496 e. The quantitative estimate of drug-likeness (QED) is 0.629. The van der Waals surface area contributed by atoms with Crippen molar-refractivity contribution in [1.29, 1.82) is 0 Å². The van der Waals surface area contributed by atoms with Gasteiger partial charge in [-0.25, -0.2) is 4.98 Å². The summed E-state index contributed by atoms with van der Waals surface area (Å²) in [6.45, 7) is 2.60. The third-order valence-electron chi connectivity index (χ3n) is 4.81. The molecule has 0 radical (unpaired) electrons. The van der Waals surface area contributed by atoms with Crippen molar-refractivity contribution in [3.63, 3.8) is 0 Å². The van der Waals surface area contributed by atoms with Gasteiger partial charge in [0.2, 0.25) is 0 Å². The number of amides is 1. The lowest BCUT2D eigenvalue weighted by Gasteiger charge is -2.13. The Balaban J connectivity index is 1.60. The molecule has 1 heterocycles. The molecule has 0 aliphatic heterocycles. The minimum atomic E-state index is -0.0883. The van der Waals surface area contributed by atoms with Crippen molar-refractivity contribution in [2.45, 2.75) is 26.0 Å². The number of methoxy groups -OCH3 is 1. The van der Waals surface area contributed by atoms with E-state index in [1.165, 1.54) is 0 Å². The maximum absolute atomic E-state index is 12.4. The summed E-state index contributed by atoms with van der Waals surface area (Å²) < 4.78 is 7.26. The van der Waals surface area contributed by atoms with Crippen molar-refractivity contribution in [1.82, 2.24) is 14.9 Å². The molecule has 146 valence electrons. The lowest BCUT2D eigenvalue weighted by molar-refractivity contribution is 0.0952. The maximum atomic E-state index is 12.4. The molecule has 3 rings (SSSR count). The Morgan fingerprint density at radius 2 is 1.96 bits per heavy atom. The van der Waals surface area contributed by atoms with Crippen LogP contribution in [0.4, 0.5) is 0 Å². The van der Waals surface area contributed by atoms with E-state index in [0.717, 1.165) is 23.1 Å². The third kappa shape index (κ3) is 4.58. The van der Waals surface area contributed by atoms with E-state index in [1.54, 1.807) is 19.6 Å². The second-order valence-corrected chi connectivity index (χ2v) is 6.67. The first-order valence-corrected chi connectivity index (χ1v) is 9.26. The monoisotopic (exact) mass is 379 g/mol. The standard InChI is InChI=1S/C22H25N3O3/c1-16(25-12-11-23-15-25)9-10-24-22(27)18-5-3-17(4-6-18)19-7-8-21(28-2)20(13-19)14-26/h3-8,11-13,15-16,26H,9-10,14H2,1-2H3,(H,24,27)/t16-/m0/s1. The first-order valence-electron chi connectivity index (χ1n) is 9.26. The van der Waals surface area contributed by atoms with Crippen LogP contribution in [0.2, 0.25) is 0 Å². The number of aliphatic hydroxyl groups excluding tert-OH is 1. The van der Waals surface area contributed by atoms with Crippen LogP contribution in [0.5, 0.6) is 5.75 Å². The number of nitrogens with one attached hydrogen (secondary N) is 1. The van der Waals surface area contributed by atoms with Crippen molar-refractivity contribution in [2.75, 3.05) is 13.7 Å². The van der Waals surface area contributed by atoms with E-state index in [-0.39, 0.29) is 18.6 Å². The summed E-state index contributed by atoms with van der Waals surface area (Å²) in [6, 6.07) is 13.4. The van der Waals surface area contributed by atoms with Crippen LogP contribution >= 0.6 is 0 Å². The molecule has 1 aromatic heterocycles. The molecule has 0 aliphatic carbocycles. The summed E-state index contributed by atoms with van der Waals surface area (Å²) in [5.74, 6) is 0.572. The predicted octanol–water partition coefficient (Wildman–Crippen LogP) is 3.43. The molecule has 0 aliphatic rings. The zero-order chi connectivity index (χ0) is 19.9. The number of hydrogen-bond donors (Lipinski definition) is 2. The van der Waals surface area contributed by atoms with E-state index in [2.05, 4.69) is 17.2 Å². The van der Waals surface area contributed by atoms with Gasteiger partial charge in [0, 0.05) is 36.1 Å². The molecule has 0 unspecified atom stereocenters. The number of aliphatic hydroxyl groups is 1. The molecule has 0 saturated heterocycles. The third-order valence-corrected chi connectivity index (χ3v) is 4.81. The molecule has 2 N–H and O–H groups in total. The van der Waals surface area contributed by atoms with Gasteiger partial charge in [0.05, 0.1) is 20.0 Å². The number of rotatable bonds is 8. The van der Waals surface area contributed by atoms with Gasteiger partial charge in [0.1, 0.15) is 5.75 Å². The Morgan fingerprint density at radius 3 is 2.61 bits per heavy atom. The van der Waals surface area contributed by atoms with Gasteiger partial charge >= 0.3 is 0 Å². The highest BCUT2D eigenvalue weighted by molar-refractivity contribution is 5.94. The molecule has 28 heavy (non-hydrogen) atoms. The maximum Gasteiger partial charge on any atom is 0.251 e. The highest BCUT2D eigenvalue weighted by Gasteiger charge is 2.09. The van der Waals surface area contributed by atoms with Gasteiger partial charge in [-0.2, -0.15) is 0 Å². The molecular weight excluding hydrogens is 354 g/mol. The summed E-state index contributed by atoms with van der Waals surface area (Å²) in [4.78, 5) is 16.4. The molecule has 6 heteroatoms. The van der Waals surface area contributed by atoms with Crippen molar-refractivity contribution in [3.8, 4) is 16.9 Å². The average Bonchev–Trinajstić information content (AvgIpc) is 3.28. The lowest BCUT2D eigenvalue weighted by atomic mass is 10.0. The Morgan fingerprint density at radius 1 is 1.21 bits per heavy atom. The van der Waals surface area contributed by atoms with Gasteiger partial charge in [0.25, 0.3) is 5.91 Å². The fourth-order valence-electron chi connectivity index (χ4n) is 3.07. The van der Waals surface area contributed by atoms with Crippen LogP contribution in [0.15, 0.2) is 61.2 Å². The largest absolute Gasteiger partial charge is 0.496 e. The molecule has 1 atom stereocenters. The molecule has 0 saturated carbocycles. The van der Waals surface area contributed by atoms with Crippen LogP contribution in [0.3, 0.4) is 0 Å². The summed E-state index contributed by atoms with van der Waals surface area (Å²) in [5.41, 5.74) is 3.29. The molecule has 3 aromatic rings. The smallest absolute Gasteiger partial charge is 0.251 e. The number of nitrogens with zero attached hydrogens (tertiary/aromatic N) is 2. The van der Waals surface area contributed by atoms with E-state index in [9.17, 15) is 9.90 Å². The first kappa shape index (κ1) is 19.6. The Bertz CT molecular complexity index is 905. The Labute approximate surface area is 164 Å². The second kappa shape index (κ2) is 9.19.